The van der Waals surface area contributed by atoms with E-state index in [1.165, 1.54) is 0 Å². The largest absolute Gasteiger partial charge is 0.388 e. The van der Waals surface area contributed by atoms with Gasteiger partial charge in [-0.15, -0.1) is 0 Å². The summed E-state index contributed by atoms with van der Waals surface area (Å²) in [7, 11) is 0. The van der Waals surface area contributed by atoms with Gasteiger partial charge in [0.1, 0.15) is 11.6 Å². The molecule has 0 heterocycles. The molecule has 1 unspecified atom stereocenters. The Bertz CT molecular complexity index is 355. The zero-order valence-electron chi connectivity index (χ0n) is 7.21. The van der Waals surface area contributed by atoms with Crippen LogP contribution in [0.25, 0.3) is 0 Å². The van der Waals surface area contributed by atoms with Gasteiger partial charge in [-0.25, -0.2) is 8.78 Å². The molecule has 0 saturated heterocycles. The van der Waals surface area contributed by atoms with Crippen LogP contribution < -0.4 is 5.73 Å². The van der Waals surface area contributed by atoms with Gasteiger partial charge in [0.15, 0.2) is 0 Å². The number of primary amides is 1. The summed E-state index contributed by atoms with van der Waals surface area (Å²) in [6.07, 6.45) is -1.83. The van der Waals surface area contributed by atoms with E-state index in [2.05, 4.69) is 0 Å². The predicted molar refractivity (Wildman–Crippen MR) is 45.1 cm³/mol. The van der Waals surface area contributed by atoms with E-state index < -0.39 is 30.1 Å². The molecule has 0 aliphatic carbocycles. The van der Waals surface area contributed by atoms with E-state index in [-0.39, 0.29) is 5.56 Å². The molecule has 1 rings (SSSR count). The van der Waals surface area contributed by atoms with Crippen molar-refractivity contribution in [3.8, 4) is 0 Å². The van der Waals surface area contributed by atoms with Gasteiger partial charge >= 0.3 is 0 Å². The van der Waals surface area contributed by atoms with Crippen molar-refractivity contribution < 1.29 is 18.7 Å². The average molecular weight is 201 g/mol. The highest BCUT2D eigenvalue weighted by atomic mass is 19.1. The Hall–Kier alpha value is -1.49. The number of rotatable bonds is 3. The van der Waals surface area contributed by atoms with E-state index in [4.69, 9.17) is 5.73 Å². The number of nitrogens with two attached hydrogens (primary N) is 1. The molecule has 3 nitrogen and oxygen atoms in total. The number of carbonyl (C=O) groups excluding carboxylic acids is 1. The SMILES string of the molecule is NC(=O)CC(O)c1cc(F)ccc1F. The molecule has 0 aromatic heterocycles. The molecule has 1 atom stereocenters. The summed E-state index contributed by atoms with van der Waals surface area (Å²) in [5.41, 5.74) is 4.54. The first-order valence-corrected chi connectivity index (χ1v) is 3.92. The van der Waals surface area contributed by atoms with Gasteiger partial charge in [-0.1, -0.05) is 0 Å². The minimum atomic E-state index is -1.40. The van der Waals surface area contributed by atoms with Crippen molar-refractivity contribution in [1.29, 1.82) is 0 Å². The maximum Gasteiger partial charge on any atom is 0.220 e. The van der Waals surface area contributed by atoms with Gasteiger partial charge in [0.05, 0.1) is 12.5 Å². The zero-order valence-corrected chi connectivity index (χ0v) is 7.21. The topological polar surface area (TPSA) is 63.3 Å². The zero-order chi connectivity index (χ0) is 10.7. The van der Waals surface area contributed by atoms with Crippen molar-refractivity contribution in [3.05, 3.63) is 35.4 Å². The van der Waals surface area contributed by atoms with Crippen molar-refractivity contribution in [2.24, 2.45) is 5.73 Å². The van der Waals surface area contributed by atoms with Gasteiger partial charge in [-0.2, -0.15) is 0 Å². The van der Waals surface area contributed by atoms with E-state index in [1.54, 1.807) is 0 Å². The molecule has 14 heavy (non-hydrogen) atoms. The minimum Gasteiger partial charge on any atom is -0.388 e. The van der Waals surface area contributed by atoms with E-state index in [1.807, 2.05) is 0 Å². The third kappa shape index (κ3) is 2.50. The van der Waals surface area contributed by atoms with Gasteiger partial charge in [0.2, 0.25) is 5.91 Å². The van der Waals surface area contributed by atoms with Crippen LogP contribution >= 0.6 is 0 Å². The molecule has 0 saturated carbocycles. The van der Waals surface area contributed by atoms with Crippen LogP contribution in [0.15, 0.2) is 18.2 Å². The Morgan fingerprint density at radius 2 is 2.14 bits per heavy atom. The lowest BCUT2D eigenvalue weighted by Gasteiger charge is -2.09. The molecule has 1 amide bonds. The van der Waals surface area contributed by atoms with Crippen LogP contribution in [-0.4, -0.2) is 11.0 Å². The molecule has 0 aliphatic heterocycles. The summed E-state index contributed by atoms with van der Waals surface area (Å²) < 4.78 is 25.6. The van der Waals surface area contributed by atoms with Crippen molar-refractivity contribution in [2.45, 2.75) is 12.5 Å². The maximum absolute atomic E-state index is 13.0. The third-order valence-electron chi connectivity index (χ3n) is 1.71. The summed E-state index contributed by atoms with van der Waals surface area (Å²) in [5, 5.41) is 9.29. The minimum absolute atomic E-state index is 0.260. The fourth-order valence-corrected chi connectivity index (χ4v) is 1.07. The maximum atomic E-state index is 13.0. The van der Waals surface area contributed by atoms with Gasteiger partial charge < -0.3 is 10.8 Å². The Morgan fingerprint density at radius 1 is 1.50 bits per heavy atom. The molecule has 3 N–H and O–H groups in total. The van der Waals surface area contributed by atoms with Crippen molar-refractivity contribution in [1.82, 2.24) is 0 Å². The standard InChI is InChI=1S/C9H9F2NO2/c10-5-1-2-7(11)6(3-5)8(13)4-9(12)14/h1-3,8,13H,4H2,(H2,12,14). The van der Waals surface area contributed by atoms with Crippen LogP contribution in [0.3, 0.4) is 0 Å². The van der Waals surface area contributed by atoms with Crippen LogP contribution in [-0.2, 0) is 4.79 Å². The Morgan fingerprint density at radius 3 is 2.71 bits per heavy atom. The first-order valence-electron chi connectivity index (χ1n) is 3.92. The highest BCUT2D eigenvalue weighted by Crippen LogP contribution is 2.20. The number of benzene rings is 1. The van der Waals surface area contributed by atoms with E-state index >= 15 is 0 Å². The van der Waals surface area contributed by atoms with E-state index in [0.29, 0.717) is 0 Å². The third-order valence-corrected chi connectivity index (χ3v) is 1.71. The fraction of sp³-hybridized carbons (Fsp3) is 0.222. The number of halogens is 2. The van der Waals surface area contributed by atoms with Crippen molar-refractivity contribution in [2.75, 3.05) is 0 Å². The van der Waals surface area contributed by atoms with Crippen LogP contribution in [0.4, 0.5) is 8.78 Å². The Balaban J connectivity index is 2.93. The number of aliphatic hydroxyl groups is 1. The fourth-order valence-electron chi connectivity index (χ4n) is 1.07. The van der Waals surface area contributed by atoms with Gasteiger partial charge in [0, 0.05) is 5.56 Å². The molecule has 0 aliphatic rings. The number of aliphatic hydroxyl groups excluding tert-OH is 1. The van der Waals surface area contributed by atoms with Crippen molar-refractivity contribution >= 4 is 5.91 Å². The smallest absolute Gasteiger partial charge is 0.220 e. The molecule has 1 aromatic rings. The molecule has 0 radical (unpaired) electrons. The molecular formula is C9H9F2NO2. The molecule has 0 fully saturated rings. The average Bonchev–Trinajstić information content (AvgIpc) is 2.08. The van der Waals surface area contributed by atoms with Crippen LogP contribution in [0.2, 0.25) is 0 Å². The number of carbonyl (C=O) groups is 1. The summed E-state index contributed by atoms with van der Waals surface area (Å²) in [6.45, 7) is 0. The highest BCUT2D eigenvalue weighted by molar-refractivity contribution is 5.74. The van der Waals surface area contributed by atoms with Crippen molar-refractivity contribution in [3.63, 3.8) is 0 Å². The number of hydrogen-bond donors (Lipinski definition) is 2. The van der Waals surface area contributed by atoms with Gasteiger partial charge in [-0.05, 0) is 18.2 Å². The van der Waals surface area contributed by atoms with Crippen LogP contribution in [0.1, 0.15) is 18.1 Å². The molecular weight excluding hydrogens is 192 g/mol. The van der Waals surface area contributed by atoms with Crippen LogP contribution in [0.5, 0.6) is 0 Å². The van der Waals surface area contributed by atoms with Gasteiger partial charge in [0.25, 0.3) is 0 Å². The second-order valence-electron chi connectivity index (χ2n) is 2.85. The van der Waals surface area contributed by atoms with Gasteiger partial charge in [-0.3, -0.25) is 4.79 Å². The monoisotopic (exact) mass is 201 g/mol. The lowest BCUT2D eigenvalue weighted by Crippen LogP contribution is -2.15. The first kappa shape index (κ1) is 10.6. The molecule has 0 spiro atoms. The first-order chi connectivity index (χ1) is 6.50. The lowest BCUT2D eigenvalue weighted by molar-refractivity contribution is -0.119. The second kappa shape index (κ2) is 4.15. The van der Waals surface area contributed by atoms with Crippen LogP contribution in [0, 0.1) is 11.6 Å². The van der Waals surface area contributed by atoms with E-state index in [0.717, 1.165) is 18.2 Å². The predicted octanol–water partition coefficient (Wildman–Crippen LogP) is 0.874. The highest BCUT2D eigenvalue weighted by Gasteiger charge is 2.15. The Kier molecular flexibility index (Phi) is 3.14. The molecule has 0 bridgehead atoms. The summed E-state index contributed by atoms with van der Waals surface area (Å²) in [4.78, 5) is 10.4. The summed E-state index contributed by atoms with van der Waals surface area (Å²) in [5.74, 6) is -2.22. The van der Waals surface area contributed by atoms with E-state index in [9.17, 15) is 18.7 Å². The number of hydrogen-bond acceptors (Lipinski definition) is 2. The molecule has 1 aromatic carbocycles. The lowest BCUT2D eigenvalue weighted by atomic mass is 10.1. The molecule has 76 valence electrons. The number of amides is 1. The summed E-state index contributed by atoms with van der Waals surface area (Å²) >= 11 is 0. The molecule has 5 heteroatoms. The normalized spacial score (nSPS) is 12.5. The quantitative estimate of drug-likeness (QED) is 0.762. The Labute approximate surface area is 79.2 Å². The second-order valence-corrected chi connectivity index (χ2v) is 2.85. The summed E-state index contributed by atoms with van der Waals surface area (Å²) in [6, 6.07) is 2.65.